The number of primary amides is 1. The van der Waals surface area contributed by atoms with Gasteiger partial charge < -0.3 is 11.1 Å². The summed E-state index contributed by atoms with van der Waals surface area (Å²) in [5.74, 6) is -0.398. The van der Waals surface area contributed by atoms with E-state index in [4.69, 9.17) is 5.73 Å². The van der Waals surface area contributed by atoms with E-state index < -0.39 is 5.91 Å². The van der Waals surface area contributed by atoms with Gasteiger partial charge in [0.2, 0.25) is 5.91 Å². The molecule has 3 N–H and O–H groups in total. The van der Waals surface area contributed by atoms with Gasteiger partial charge in [0.25, 0.3) is 0 Å². The summed E-state index contributed by atoms with van der Waals surface area (Å²) in [6.45, 7) is 1.93. The predicted molar refractivity (Wildman–Crippen MR) is 109 cm³/mol. The molecule has 1 amide bonds. The first-order chi connectivity index (χ1) is 13.2. The third kappa shape index (κ3) is 3.86. The van der Waals surface area contributed by atoms with Crippen LogP contribution in [0.3, 0.4) is 0 Å². The first-order valence-electron chi connectivity index (χ1n) is 9.21. The minimum atomic E-state index is -0.398. The summed E-state index contributed by atoms with van der Waals surface area (Å²) in [6, 6.07) is 29.3. The standard InChI is InChI=1S/C23H23N3O/c24-23(27)19-11-13-20(14-12-19)25-21-15-26(16-21)22(17-7-3-1-4-8-17)18-9-5-2-6-10-18/h1-14,21-22,25H,15-16H2,(H2,24,27). The van der Waals surface area contributed by atoms with E-state index in [9.17, 15) is 4.79 Å². The number of hydrogen-bond acceptors (Lipinski definition) is 3. The van der Waals surface area contributed by atoms with Crippen LogP contribution in [0.1, 0.15) is 27.5 Å². The summed E-state index contributed by atoms with van der Waals surface area (Å²) in [5.41, 5.74) is 9.47. The summed E-state index contributed by atoms with van der Waals surface area (Å²) in [4.78, 5) is 13.7. The van der Waals surface area contributed by atoms with E-state index >= 15 is 0 Å². The van der Waals surface area contributed by atoms with Crippen molar-refractivity contribution in [2.45, 2.75) is 12.1 Å². The number of rotatable bonds is 6. The van der Waals surface area contributed by atoms with E-state index in [1.54, 1.807) is 12.1 Å². The molecular weight excluding hydrogens is 334 g/mol. The van der Waals surface area contributed by atoms with Gasteiger partial charge in [-0.25, -0.2) is 0 Å². The van der Waals surface area contributed by atoms with Crippen molar-refractivity contribution in [2.75, 3.05) is 18.4 Å². The molecule has 27 heavy (non-hydrogen) atoms. The average molecular weight is 357 g/mol. The molecular formula is C23H23N3O. The lowest BCUT2D eigenvalue weighted by Crippen LogP contribution is -2.56. The van der Waals surface area contributed by atoms with Crippen molar-refractivity contribution in [3.8, 4) is 0 Å². The van der Waals surface area contributed by atoms with Crippen LogP contribution in [0, 0.1) is 0 Å². The van der Waals surface area contributed by atoms with Crippen molar-refractivity contribution in [3.05, 3.63) is 102 Å². The highest BCUT2D eigenvalue weighted by molar-refractivity contribution is 5.93. The molecule has 136 valence electrons. The summed E-state index contributed by atoms with van der Waals surface area (Å²) >= 11 is 0. The molecule has 3 aromatic rings. The van der Waals surface area contributed by atoms with Crippen LogP contribution in [0.25, 0.3) is 0 Å². The highest BCUT2D eigenvalue weighted by Gasteiger charge is 2.33. The molecule has 1 saturated heterocycles. The molecule has 0 aliphatic carbocycles. The molecule has 3 aromatic carbocycles. The minimum Gasteiger partial charge on any atom is -0.380 e. The average Bonchev–Trinajstić information content (AvgIpc) is 2.68. The third-order valence-electron chi connectivity index (χ3n) is 5.05. The Morgan fingerprint density at radius 3 is 1.85 bits per heavy atom. The van der Waals surface area contributed by atoms with Gasteiger partial charge in [0.15, 0.2) is 0 Å². The topological polar surface area (TPSA) is 58.4 Å². The maximum absolute atomic E-state index is 11.2. The molecule has 0 aromatic heterocycles. The zero-order valence-corrected chi connectivity index (χ0v) is 15.1. The number of carbonyl (C=O) groups is 1. The Kier molecular flexibility index (Phi) is 4.90. The Morgan fingerprint density at radius 2 is 1.37 bits per heavy atom. The number of carbonyl (C=O) groups excluding carboxylic acids is 1. The Balaban J connectivity index is 1.45. The quantitative estimate of drug-likeness (QED) is 0.708. The fourth-order valence-corrected chi connectivity index (χ4v) is 3.67. The van der Waals surface area contributed by atoms with Crippen LogP contribution in [-0.4, -0.2) is 29.9 Å². The number of nitrogens with zero attached hydrogens (tertiary/aromatic N) is 1. The molecule has 1 heterocycles. The fourth-order valence-electron chi connectivity index (χ4n) is 3.67. The van der Waals surface area contributed by atoms with Crippen LogP contribution in [0.5, 0.6) is 0 Å². The van der Waals surface area contributed by atoms with Gasteiger partial charge >= 0.3 is 0 Å². The van der Waals surface area contributed by atoms with Gasteiger partial charge in [-0.15, -0.1) is 0 Å². The molecule has 4 nitrogen and oxygen atoms in total. The lowest BCUT2D eigenvalue weighted by Gasteiger charge is -2.45. The summed E-state index contributed by atoms with van der Waals surface area (Å²) in [7, 11) is 0. The van der Waals surface area contributed by atoms with Gasteiger partial charge in [-0.2, -0.15) is 0 Å². The third-order valence-corrected chi connectivity index (χ3v) is 5.05. The van der Waals surface area contributed by atoms with Gasteiger partial charge in [-0.3, -0.25) is 9.69 Å². The van der Waals surface area contributed by atoms with Crippen molar-refractivity contribution in [2.24, 2.45) is 5.73 Å². The molecule has 0 unspecified atom stereocenters. The van der Waals surface area contributed by atoms with E-state index in [-0.39, 0.29) is 6.04 Å². The molecule has 4 rings (SSSR count). The second kappa shape index (κ2) is 7.64. The van der Waals surface area contributed by atoms with E-state index in [0.717, 1.165) is 18.8 Å². The summed E-state index contributed by atoms with van der Waals surface area (Å²) < 4.78 is 0. The van der Waals surface area contributed by atoms with Crippen molar-refractivity contribution >= 4 is 11.6 Å². The first-order valence-corrected chi connectivity index (χ1v) is 9.21. The fraction of sp³-hybridized carbons (Fsp3) is 0.174. The highest BCUT2D eigenvalue weighted by atomic mass is 16.1. The second-order valence-corrected chi connectivity index (χ2v) is 6.96. The number of nitrogens with two attached hydrogens (primary N) is 1. The van der Waals surface area contributed by atoms with Crippen LogP contribution in [-0.2, 0) is 0 Å². The van der Waals surface area contributed by atoms with Gasteiger partial charge in [-0.1, -0.05) is 60.7 Å². The van der Waals surface area contributed by atoms with Crippen molar-refractivity contribution < 1.29 is 4.79 Å². The Bertz CT molecular complexity index is 848. The van der Waals surface area contributed by atoms with Crippen molar-refractivity contribution in [3.63, 3.8) is 0 Å². The summed E-state index contributed by atoms with van der Waals surface area (Å²) in [5, 5.41) is 3.54. The lowest BCUT2D eigenvalue weighted by atomic mass is 9.93. The molecule has 4 heteroatoms. The van der Waals surface area contributed by atoms with Gasteiger partial charge in [0.1, 0.15) is 0 Å². The normalized spacial score (nSPS) is 14.7. The van der Waals surface area contributed by atoms with E-state index in [2.05, 4.69) is 70.9 Å². The molecule has 0 radical (unpaired) electrons. The van der Waals surface area contributed by atoms with Gasteiger partial charge in [0.05, 0.1) is 12.1 Å². The Morgan fingerprint density at radius 1 is 0.852 bits per heavy atom. The van der Waals surface area contributed by atoms with E-state index in [0.29, 0.717) is 11.6 Å². The Labute approximate surface area is 159 Å². The number of amides is 1. The molecule has 0 saturated carbocycles. The molecule has 0 spiro atoms. The van der Waals surface area contributed by atoms with Crippen molar-refractivity contribution in [1.82, 2.24) is 4.90 Å². The largest absolute Gasteiger partial charge is 0.380 e. The van der Waals surface area contributed by atoms with Crippen LogP contribution >= 0.6 is 0 Å². The zero-order valence-electron chi connectivity index (χ0n) is 15.1. The number of benzene rings is 3. The van der Waals surface area contributed by atoms with Crippen molar-refractivity contribution in [1.29, 1.82) is 0 Å². The molecule has 0 bridgehead atoms. The van der Waals surface area contributed by atoms with Crippen LogP contribution in [0.2, 0.25) is 0 Å². The maximum Gasteiger partial charge on any atom is 0.248 e. The molecule has 0 atom stereocenters. The van der Waals surface area contributed by atoms with Gasteiger partial charge in [0, 0.05) is 24.3 Å². The zero-order chi connectivity index (χ0) is 18.6. The highest BCUT2D eigenvalue weighted by Crippen LogP contribution is 2.33. The monoisotopic (exact) mass is 357 g/mol. The van der Waals surface area contributed by atoms with Crippen LogP contribution in [0.15, 0.2) is 84.9 Å². The summed E-state index contributed by atoms with van der Waals surface area (Å²) in [6.07, 6.45) is 0. The predicted octanol–water partition coefficient (Wildman–Crippen LogP) is 3.67. The van der Waals surface area contributed by atoms with E-state index in [1.807, 2.05) is 12.1 Å². The number of anilines is 1. The number of hydrogen-bond donors (Lipinski definition) is 2. The molecule has 1 aliphatic heterocycles. The molecule has 1 fully saturated rings. The number of nitrogens with one attached hydrogen (secondary N) is 1. The maximum atomic E-state index is 11.2. The SMILES string of the molecule is NC(=O)c1ccc(NC2CN(C(c3ccccc3)c3ccccc3)C2)cc1. The smallest absolute Gasteiger partial charge is 0.248 e. The second-order valence-electron chi connectivity index (χ2n) is 6.96. The minimum absolute atomic E-state index is 0.266. The van der Waals surface area contributed by atoms with Gasteiger partial charge in [-0.05, 0) is 35.4 Å². The van der Waals surface area contributed by atoms with Crippen LogP contribution < -0.4 is 11.1 Å². The molecule has 1 aliphatic rings. The van der Waals surface area contributed by atoms with Crippen LogP contribution in [0.4, 0.5) is 5.69 Å². The first kappa shape index (κ1) is 17.3. The number of likely N-dealkylation sites (tertiary alicyclic amines) is 1. The Hall–Kier alpha value is -3.11. The lowest BCUT2D eigenvalue weighted by molar-refractivity contribution is 0.100. The van der Waals surface area contributed by atoms with E-state index in [1.165, 1.54) is 11.1 Å².